The standard InChI is InChI=1S/C28H26F3N7O4S/c1-17-24(25-23(43(33,41)42)16-34-38(25)21-8-6-18(15-32)7-9-21)26(39)37(20-10-12-35(2)13-11-20)27(40)36(17)22-5-3-4-19(14-22)28(29,30)31/h3-9,14,16,20H,10-13H2,1-2H3,(H2,33,41,42). The molecule has 5 rings (SSSR count). The summed E-state index contributed by atoms with van der Waals surface area (Å²) in [6, 6.07) is 11.3. The van der Waals surface area contributed by atoms with Gasteiger partial charge in [0, 0.05) is 11.7 Å². The second-order valence-corrected chi connectivity index (χ2v) is 11.8. The van der Waals surface area contributed by atoms with E-state index < -0.39 is 43.9 Å². The van der Waals surface area contributed by atoms with E-state index in [-0.39, 0.29) is 28.3 Å². The zero-order valence-electron chi connectivity index (χ0n) is 23.0. The zero-order chi connectivity index (χ0) is 31.3. The molecule has 0 saturated carbocycles. The lowest BCUT2D eigenvalue weighted by molar-refractivity contribution is -0.137. The fourth-order valence-corrected chi connectivity index (χ4v) is 5.99. The summed E-state index contributed by atoms with van der Waals surface area (Å²) in [5, 5.41) is 18.9. The van der Waals surface area contributed by atoms with E-state index in [4.69, 9.17) is 5.14 Å². The Labute approximate surface area is 243 Å². The number of nitrogens with two attached hydrogens (primary N) is 1. The molecule has 11 nitrogen and oxygen atoms in total. The largest absolute Gasteiger partial charge is 0.416 e. The Morgan fingerprint density at radius 1 is 1.05 bits per heavy atom. The molecule has 15 heteroatoms. The van der Waals surface area contributed by atoms with E-state index in [0.29, 0.717) is 31.5 Å². The van der Waals surface area contributed by atoms with Crippen LogP contribution in [0.15, 0.2) is 69.2 Å². The lowest BCUT2D eigenvalue weighted by atomic mass is 10.0. The molecule has 43 heavy (non-hydrogen) atoms. The van der Waals surface area contributed by atoms with Crippen LogP contribution in [0.3, 0.4) is 0 Å². The van der Waals surface area contributed by atoms with Crippen LogP contribution in [0, 0.1) is 18.3 Å². The Morgan fingerprint density at radius 3 is 2.28 bits per heavy atom. The van der Waals surface area contributed by atoms with Gasteiger partial charge in [0.1, 0.15) is 10.6 Å². The van der Waals surface area contributed by atoms with Crippen LogP contribution in [0.25, 0.3) is 22.6 Å². The number of halogens is 3. The maximum Gasteiger partial charge on any atom is 0.416 e. The summed E-state index contributed by atoms with van der Waals surface area (Å²) in [5.74, 6) is 0. The molecule has 0 amide bonds. The molecule has 0 spiro atoms. The fraction of sp³-hybridized carbons (Fsp3) is 0.286. The first-order chi connectivity index (χ1) is 20.2. The number of hydrogen-bond donors (Lipinski definition) is 1. The van der Waals surface area contributed by atoms with Crippen LogP contribution >= 0.6 is 0 Å². The van der Waals surface area contributed by atoms with Crippen LogP contribution in [0.2, 0.25) is 0 Å². The molecule has 0 radical (unpaired) electrons. The van der Waals surface area contributed by atoms with Crippen molar-refractivity contribution in [1.29, 1.82) is 5.26 Å². The number of hydrogen-bond acceptors (Lipinski definition) is 7. The van der Waals surface area contributed by atoms with Gasteiger partial charge in [-0.2, -0.15) is 23.5 Å². The van der Waals surface area contributed by atoms with Gasteiger partial charge in [-0.25, -0.2) is 23.0 Å². The number of rotatable bonds is 5. The van der Waals surface area contributed by atoms with E-state index in [1.165, 1.54) is 37.3 Å². The second-order valence-electron chi connectivity index (χ2n) is 10.3. The highest BCUT2D eigenvalue weighted by molar-refractivity contribution is 7.89. The van der Waals surface area contributed by atoms with E-state index in [0.717, 1.165) is 38.2 Å². The Morgan fingerprint density at radius 2 is 1.70 bits per heavy atom. The van der Waals surface area contributed by atoms with E-state index in [2.05, 4.69) is 5.10 Å². The highest BCUT2D eigenvalue weighted by Crippen LogP contribution is 2.33. The van der Waals surface area contributed by atoms with Crippen molar-refractivity contribution in [3.63, 3.8) is 0 Å². The fourth-order valence-electron chi connectivity index (χ4n) is 5.34. The molecule has 1 aliphatic heterocycles. The molecule has 2 aromatic heterocycles. The van der Waals surface area contributed by atoms with Crippen molar-refractivity contribution in [2.24, 2.45) is 5.14 Å². The lowest BCUT2D eigenvalue weighted by Crippen LogP contribution is -2.46. The number of aromatic nitrogens is 4. The molecule has 224 valence electrons. The van der Waals surface area contributed by atoms with Gasteiger partial charge in [-0.3, -0.25) is 13.9 Å². The lowest BCUT2D eigenvalue weighted by Gasteiger charge is -2.31. The molecule has 2 aromatic carbocycles. The molecular weight excluding hydrogens is 587 g/mol. The predicted molar refractivity (Wildman–Crippen MR) is 150 cm³/mol. The first kappa shape index (κ1) is 30.0. The van der Waals surface area contributed by atoms with Gasteiger partial charge in [0.25, 0.3) is 5.56 Å². The van der Waals surface area contributed by atoms with Crippen LogP contribution in [0.5, 0.6) is 0 Å². The van der Waals surface area contributed by atoms with Crippen LogP contribution in [0.4, 0.5) is 13.2 Å². The molecule has 1 aliphatic rings. The Hall–Kier alpha value is -4.52. The molecule has 0 unspecified atom stereocenters. The molecule has 0 atom stereocenters. The van der Waals surface area contributed by atoms with Crippen molar-refractivity contribution < 1.29 is 21.6 Å². The number of sulfonamides is 1. The quantitative estimate of drug-likeness (QED) is 0.364. The first-order valence-corrected chi connectivity index (χ1v) is 14.6. The number of piperidine rings is 1. The van der Waals surface area contributed by atoms with Gasteiger partial charge in [-0.05, 0) is 82.4 Å². The topological polar surface area (TPSA) is 149 Å². The minimum Gasteiger partial charge on any atom is -0.306 e. The van der Waals surface area contributed by atoms with E-state index in [1.54, 1.807) is 0 Å². The van der Waals surface area contributed by atoms with Gasteiger partial charge < -0.3 is 4.90 Å². The summed E-state index contributed by atoms with van der Waals surface area (Å²) in [4.78, 5) is 29.8. The molecular formula is C28H26F3N7O4S. The van der Waals surface area contributed by atoms with Crippen LogP contribution in [-0.4, -0.2) is 52.4 Å². The number of benzene rings is 2. The minimum atomic E-state index is -4.71. The van der Waals surface area contributed by atoms with E-state index in [9.17, 15) is 36.4 Å². The van der Waals surface area contributed by atoms with Gasteiger partial charge in [0.15, 0.2) is 0 Å². The van der Waals surface area contributed by atoms with Crippen molar-refractivity contribution in [2.45, 2.75) is 36.9 Å². The van der Waals surface area contributed by atoms with Crippen molar-refractivity contribution >= 4 is 10.0 Å². The maximum absolute atomic E-state index is 14.3. The monoisotopic (exact) mass is 613 g/mol. The summed E-state index contributed by atoms with van der Waals surface area (Å²) >= 11 is 0. The normalized spacial score (nSPS) is 15.0. The highest BCUT2D eigenvalue weighted by Gasteiger charge is 2.33. The summed E-state index contributed by atoms with van der Waals surface area (Å²) in [7, 11) is -2.62. The number of nitriles is 1. The summed E-state index contributed by atoms with van der Waals surface area (Å²) in [6.07, 6.45) is -2.96. The van der Waals surface area contributed by atoms with E-state index in [1.807, 2.05) is 18.0 Å². The molecule has 0 bridgehead atoms. The third kappa shape index (κ3) is 5.52. The number of alkyl halides is 3. The van der Waals surface area contributed by atoms with Gasteiger partial charge >= 0.3 is 11.9 Å². The van der Waals surface area contributed by atoms with Crippen molar-refractivity contribution in [3.05, 3.63) is 92.4 Å². The van der Waals surface area contributed by atoms with Crippen LogP contribution in [0.1, 0.15) is 35.7 Å². The number of likely N-dealkylation sites (tertiary alicyclic amines) is 1. The molecule has 4 aromatic rings. The number of nitrogens with zero attached hydrogens (tertiary/aromatic N) is 6. The summed E-state index contributed by atoms with van der Waals surface area (Å²) < 4.78 is 69.7. The smallest absolute Gasteiger partial charge is 0.306 e. The summed E-state index contributed by atoms with van der Waals surface area (Å²) in [5.41, 5.74) is -2.95. The average Bonchev–Trinajstić information content (AvgIpc) is 3.39. The van der Waals surface area contributed by atoms with Gasteiger partial charge in [0.05, 0.1) is 40.3 Å². The average molecular weight is 614 g/mol. The zero-order valence-corrected chi connectivity index (χ0v) is 23.9. The molecule has 0 aliphatic carbocycles. The third-order valence-corrected chi connectivity index (χ3v) is 8.44. The minimum absolute atomic E-state index is 0.112. The van der Waals surface area contributed by atoms with Gasteiger partial charge in [-0.15, -0.1) is 0 Å². The molecule has 3 heterocycles. The van der Waals surface area contributed by atoms with Crippen molar-refractivity contribution in [1.82, 2.24) is 23.8 Å². The van der Waals surface area contributed by atoms with Gasteiger partial charge in [-0.1, -0.05) is 6.07 Å². The summed E-state index contributed by atoms with van der Waals surface area (Å²) in [6.45, 7) is 2.45. The molecule has 1 fully saturated rings. The Kier molecular flexibility index (Phi) is 7.63. The van der Waals surface area contributed by atoms with Crippen LogP contribution < -0.4 is 16.4 Å². The van der Waals surface area contributed by atoms with E-state index >= 15 is 0 Å². The van der Waals surface area contributed by atoms with Crippen molar-refractivity contribution in [2.75, 3.05) is 20.1 Å². The Bertz CT molecular complexity index is 1980. The van der Waals surface area contributed by atoms with Gasteiger partial charge in [0.2, 0.25) is 10.0 Å². The maximum atomic E-state index is 14.3. The predicted octanol–water partition coefficient (Wildman–Crippen LogP) is 2.96. The first-order valence-electron chi connectivity index (χ1n) is 13.1. The highest BCUT2D eigenvalue weighted by atomic mass is 32.2. The third-order valence-electron chi connectivity index (χ3n) is 7.53. The molecule has 1 saturated heterocycles. The molecule has 2 N–H and O–H groups in total. The second kappa shape index (κ2) is 11.0. The Balaban J connectivity index is 1.90. The SMILES string of the molecule is Cc1c(-c2c(S(N)(=O)=O)cnn2-c2ccc(C#N)cc2)c(=O)n(C2CCN(C)CC2)c(=O)n1-c1cccc(C(F)(F)F)c1. The number of primary sulfonamides is 1. The van der Waals surface area contributed by atoms with Crippen LogP contribution in [-0.2, 0) is 16.2 Å². The van der Waals surface area contributed by atoms with Crippen molar-refractivity contribution in [3.8, 4) is 28.7 Å².